The maximum Gasteiger partial charge on any atom is 0.303 e. The molecular formula is C13H16N2O4. The Labute approximate surface area is 110 Å². The van der Waals surface area contributed by atoms with Crippen LogP contribution in [0.2, 0.25) is 0 Å². The van der Waals surface area contributed by atoms with Gasteiger partial charge in [-0.2, -0.15) is 0 Å². The molecule has 0 amide bonds. The van der Waals surface area contributed by atoms with Crippen LogP contribution in [-0.4, -0.2) is 22.5 Å². The number of non-ortho nitro benzene ring substituents is 1. The Bertz CT molecular complexity index is 497. The highest BCUT2D eigenvalue weighted by atomic mass is 16.6. The number of benzene rings is 1. The molecule has 102 valence electrons. The van der Waals surface area contributed by atoms with Gasteiger partial charge >= 0.3 is 5.97 Å². The van der Waals surface area contributed by atoms with Gasteiger partial charge in [-0.25, -0.2) is 0 Å². The summed E-state index contributed by atoms with van der Waals surface area (Å²) in [7, 11) is 0. The Morgan fingerprint density at radius 2 is 2.21 bits per heavy atom. The molecule has 1 aromatic rings. The van der Waals surface area contributed by atoms with Crippen LogP contribution in [0.3, 0.4) is 0 Å². The number of hydrogen-bond donors (Lipinski definition) is 2. The number of hydrogen-bond acceptors (Lipinski definition) is 4. The third-order valence-electron chi connectivity index (χ3n) is 3.66. The van der Waals surface area contributed by atoms with Gasteiger partial charge in [0, 0.05) is 24.4 Å². The SMILES string of the molecule is O=C(O)CC1(CNc2cccc([N+](=O)[O-])c2)CCC1. The molecule has 0 radical (unpaired) electrons. The number of anilines is 1. The summed E-state index contributed by atoms with van der Waals surface area (Å²) in [6, 6.07) is 6.26. The lowest BCUT2D eigenvalue weighted by atomic mass is 9.66. The third kappa shape index (κ3) is 3.21. The number of carboxylic acid groups (broad SMARTS) is 1. The zero-order valence-electron chi connectivity index (χ0n) is 10.5. The van der Waals surface area contributed by atoms with Crippen molar-refractivity contribution >= 4 is 17.3 Å². The van der Waals surface area contributed by atoms with E-state index in [9.17, 15) is 14.9 Å². The molecule has 1 aliphatic rings. The average molecular weight is 264 g/mol. The summed E-state index contributed by atoms with van der Waals surface area (Å²) in [6.07, 6.45) is 2.97. The van der Waals surface area contributed by atoms with Gasteiger partial charge in [0.05, 0.1) is 11.3 Å². The van der Waals surface area contributed by atoms with Crippen LogP contribution in [0.1, 0.15) is 25.7 Å². The Morgan fingerprint density at radius 1 is 1.47 bits per heavy atom. The Morgan fingerprint density at radius 3 is 2.74 bits per heavy atom. The Hall–Kier alpha value is -2.11. The summed E-state index contributed by atoms with van der Waals surface area (Å²) in [6.45, 7) is 0.542. The van der Waals surface area contributed by atoms with E-state index in [4.69, 9.17) is 5.11 Å². The standard InChI is InChI=1S/C13H16N2O4/c16-12(17)8-13(5-2-6-13)9-14-10-3-1-4-11(7-10)15(18)19/h1,3-4,7,14H,2,5-6,8-9H2,(H,16,17). The van der Waals surface area contributed by atoms with Crippen LogP contribution in [-0.2, 0) is 4.79 Å². The highest BCUT2D eigenvalue weighted by molar-refractivity contribution is 5.68. The van der Waals surface area contributed by atoms with Crippen molar-refractivity contribution in [3.8, 4) is 0 Å². The number of nitrogens with zero attached hydrogens (tertiary/aromatic N) is 1. The number of nitro groups is 1. The monoisotopic (exact) mass is 264 g/mol. The molecule has 19 heavy (non-hydrogen) atoms. The Kier molecular flexibility index (Phi) is 3.69. The number of nitro benzene ring substituents is 1. The predicted molar refractivity (Wildman–Crippen MR) is 70.1 cm³/mol. The van der Waals surface area contributed by atoms with Gasteiger partial charge in [-0.1, -0.05) is 12.5 Å². The van der Waals surface area contributed by atoms with E-state index >= 15 is 0 Å². The van der Waals surface area contributed by atoms with E-state index in [1.807, 2.05) is 0 Å². The van der Waals surface area contributed by atoms with Crippen LogP contribution in [0.25, 0.3) is 0 Å². The lowest BCUT2D eigenvalue weighted by Gasteiger charge is -2.41. The van der Waals surface area contributed by atoms with Crippen LogP contribution in [0.5, 0.6) is 0 Å². The van der Waals surface area contributed by atoms with Crippen LogP contribution in [0.4, 0.5) is 11.4 Å². The third-order valence-corrected chi connectivity index (χ3v) is 3.66. The van der Waals surface area contributed by atoms with Crippen molar-refractivity contribution in [3.05, 3.63) is 34.4 Å². The van der Waals surface area contributed by atoms with E-state index in [0.717, 1.165) is 19.3 Å². The molecule has 1 saturated carbocycles. The second-order valence-electron chi connectivity index (χ2n) is 5.09. The van der Waals surface area contributed by atoms with Crippen molar-refractivity contribution in [1.29, 1.82) is 0 Å². The molecule has 6 nitrogen and oxygen atoms in total. The minimum Gasteiger partial charge on any atom is -0.481 e. The van der Waals surface area contributed by atoms with E-state index in [1.54, 1.807) is 12.1 Å². The Balaban J connectivity index is 1.99. The molecule has 0 bridgehead atoms. The lowest BCUT2D eigenvalue weighted by Crippen LogP contribution is -2.38. The highest BCUT2D eigenvalue weighted by Crippen LogP contribution is 2.44. The minimum atomic E-state index is -0.791. The molecule has 6 heteroatoms. The molecule has 0 atom stereocenters. The first-order valence-electron chi connectivity index (χ1n) is 6.21. The summed E-state index contributed by atoms with van der Waals surface area (Å²) in [4.78, 5) is 21.1. The van der Waals surface area contributed by atoms with Crippen LogP contribution in [0, 0.1) is 15.5 Å². The number of aliphatic carboxylic acids is 1. The summed E-state index contributed by atoms with van der Waals surface area (Å²) in [5.74, 6) is -0.791. The normalized spacial score (nSPS) is 16.4. The topological polar surface area (TPSA) is 92.5 Å². The molecule has 2 rings (SSSR count). The largest absolute Gasteiger partial charge is 0.481 e. The van der Waals surface area contributed by atoms with E-state index in [1.165, 1.54) is 12.1 Å². The van der Waals surface area contributed by atoms with Crippen molar-refractivity contribution < 1.29 is 14.8 Å². The first kappa shape index (κ1) is 13.3. The highest BCUT2D eigenvalue weighted by Gasteiger charge is 2.38. The molecule has 1 aromatic carbocycles. The summed E-state index contributed by atoms with van der Waals surface area (Å²) in [5, 5.41) is 22.7. The maximum atomic E-state index is 10.8. The molecule has 0 aromatic heterocycles. The van der Waals surface area contributed by atoms with Crippen LogP contribution >= 0.6 is 0 Å². The fraction of sp³-hybridized carbons (Fsp3) is 0.462. The van der Waals surface area contributed by atoms with Crippen molar-refractivity contribution in [2.75, 3.05) is 11.9 Å². The number of carbonyl (C=O) groups is 1. The number of nitrogens with one attached hydrogen (secondary N) is 1. The van der Waals surface area contributed by atoms with E-state index in [0.29, 0.717) is 12.2 Å². The van der Waals surface area contributed by atoms with Gasteiger partial charge < -0.3 is 10.4 Å². The second kappa shape index (κ2) is 5.26. The van der Waals surface area contributed by atoms with E-state index < -0.39 is 10.9 Å². The number of rotatable bonds is 6. The lowest BCUT2D eigenvalue weighted by molar-refractivity contribution is -0.384. The minimum absolute atomic E-state index is 0.0332. The molecule has 0 aliphatic heterocycles. The van der Waals surface area contributed by atoms with Crippen molar-refractivity contribution in [3.63, 3.8) is 0 Å². The van der Waals surface area contributed by atoms with Gasteiger partial charge in [0.2, 0.25) is 0 Å². The van der Waals surface area contributed by atoms with Crippen molar-refractivity contribution in [2.45, 2.75) is 25.7 Å². The second-order valence-corrected chi connectivity index (χ2v) is 5.09. The smallest absolute Gasteiger partial charge is 0.303 e. The summed E-state index contributed by atoms with van der Waals surface area (Å²) < 4.78 is 0. The van der Waals surface area contributed by atoms with Gasteiger partial charge in [0.15, 0.2) is 0 Å². The molecule has 0 saturated heterocycles. The molecule has 1 aliphatic carbocycles. The fourth-order valence-corrected chi connectivity index (χ4v) is 2.43. The van der Waals surface area contributed by atoms with Crippen molar-refractivity contribution in [2.24, 2.45) is 5.41 Å². The number of carboxylic acids is 1. The molecular weight excluding hydrogens is 248 g/mol. The molecule has 0 unspecified atom stereocenters. The van der Waals surface area contributed by atoms with Gasteiger partial charge in [0.25, 0.3) is 5.69 Å². The van der Waals surface area contributed by atoms with Crippen LogP contribution < -0.4 is 5.32 Å². The summed E-state index contributed by atoms with van der Waals surface area (Å²) in [5.41, 5.74) is 0.493. The molecule has 2 N–H and O–H groups in total. The van der Waals surface area contributed by atoms with E-state index in [2.05, 4.69) is 5.32 Å². The van der Waals surface area contributed by atoms with Gasteiger partial charge in [-0.3, -0.25) is 14.9 Å². The first-order chi connectivity index (χ1) is 9.01. The molecule has 0 spiro atoms. The van der Waals surface area contributed by atoms with Gasteiger partial charge in [-0.15, -0.1) is 0 Å². The summed E-state index contributed by atoms with van der Waals surface area (Å²) >= 11 is 0. The van der Waals surface area contributed by atoms with E-state index in [-0.39, 0.29) is 17.5 Å². The predicted octanol–water partition coefficient (Wildman–Crippen LogP) is 2.65. The quantitative estimate of drug-likeness (QED) is 0.608. The first-order valence-corrected chi connectivity index (χ1v) is 6.21. The van der Waals surface area contributed by atoms with Gasteiger partial charge in [-0.05, 0) is 24.3 Å². The van der Waals surface area contributed by atoms with Crippen molar-refractivity contribution in [1.82, 2.24) is 0 Å². The van der Waals surface area contributed by atoms with Gasteiger partial charge in [0.1, 0.15) is 0 Å². The zero-order valence-corrected chi connectivity index (χ0v) is 10.5. The fourth-order valence-electron chi connectivity index (χ4n) is 2.43. The zero-order chi connectivity index (χ0) is 13.9. The maximum absolute atomic E-state index is 10.8. The molecule has 1 fully saturated rings. The average Bonchev–Trinajstić information content (AvgIpc) is 2.32. The molecule has 0 heterocycles. The van der Waals surface area contributed by atoms with Crippen LogP contribution in [0.15, 0.2) is 24.3 Å².